The average molecular weight is 189 g/mol. The fraction of sp³-hybridized carbons (Fsp3) is 0.538. The second-order valence-electron chi connectivity index (χ2n) is 4.71. The number of hydrogen-bond acceptors (Lipinski definition) is 1. The second kappa shape index (κ2) is 3.39. The largest absolute Gasteiger partial charge is 0.328 e. The van der Waals surface area contributed by atoms with Crippen LogP contribution >= 0.6 is 0 Å². The number of rotatable bonds is 2. The van der Waals surface area contributed by atoms with Gasteiger partial charge in [0.25, 0.3) is 0 Å². The highest BCUT2D eigenvalue weighted by molar-refractivity contribution is 5.35. The Morgan fingerprint density at radius 1 is 1.29 bits per heavy atom. The van der Waals surface area contributed by atoms with Crippen molar-refractivity contribution in [3.8, 4) is 0 Å². The molecule has 76 valence electrons. The normalized spacial score (nSPS) is 27.4. The summed E-state index contributed by atoms with van der Waals surface area (Å²) in [7, 11) is 0. The predicted molar refractivity (Wildman–Crippen MR) is 60.4 cm³/mol. The van der Waals surface area contributed by atoms with Crippen LogP contribution < -0.4 is 5.73 Å². The molecule has 0 amide bonds. The van der Waals surface area contributed by atoms with Crippen molar-refractivity contribution in [3.05, 3.63) is 34.9 Å². The highest BCUT2D eigenvalue weighted by Gasteiger charge is 2.40. The molecule has 1 heteroatoms. The van der Waals surface area contributed by atoms with E-state index in [2.05, 4.69) is 39.0 Å². The van der Waals surface area contributed by atoms with E-state index in [9.17, 15) is 0 Å². The zero-order chi connectivity index (χ0) is 10.3. The molecular weight excluding hydrogens is 170 g/mol. The van der Waals surface area contributed by atoms with Crippen molar-refractivity contribution in [2.45, 2.75) is 39.2 Å². The summed E-state index contributed by atoms with van der Waals surface area (Å²) in [5.41, 5.74) is 10.2. The van der Waals surface area contributed by atoms with E-state index in [1.807, 2.05) is 0 Å². The summed E-state index contributed by atoms with van der Waals surface area (Å²) in [6, 6.07) is 7.15. The Bertz CT molecular complexity index is 341. The molecule has 0 bridgehead atoms. The third-order valence-corrected chi connectivity index (χ3v) is 3.47. The molecule has 2 N–H and O–H groups in total. The molecular formula is C13H19N. The molecule has 0 unspecified atom stereocenters. The lowest BCUT2D eigenvalue weighted by atomic mass is 10.0. The minimum atomic E-state index is 0.349. The molecule has 0 saturated heterocycles. The zero-order valence-corrected chi connectivity index (χ0v) is 9.25. The van der Waals surface area contributed by atoms with E-state index in [0.717, 1.165) is 11.8 Å². The van der Waals surface area contributed by atoms with Crippen molar-refractivity contribution in [1.82, 2.24) is 0 Å². The first-order valence-corrected chi connectivity index (χ1v) is 5.42. The molecule has 1 aliphatic rings. The van der Waals surface area contributed by atoms with Gasteiger partial charge in [-0.15, -0.1) is 0 Å². The maximum Gasteiger partial charge on any atom is 0.00448 e. The van der Waals surface area contributed by atoms with Crippen LogP contribution in [0, 0.1) is 19.8 Å². The van der Waals surface area contributed by atoms with Gasteiger partial charge in [-0.3, -0.25) is 0 Å². The van der Waals surface area contributed by atoms with Crippen LogP contribution in [-0.4, -0.2) is 6.04 Å². The zero-order valence-electron chi connectivity index (χ0n) is 9.25. The van der Waals surface area contributed by atoms with Gasteiger partial charge in [0.05, 0.1) is 0 Å². The van der Waals surface area contributed by atoms with E-state index in [1.165, 1.54) is 23.1 Å². The van der Waals surface area contributed by atoms with Crippen LogP contribution in [0.4, 0.5) is 0 Å². The Labute approximate surface area is 86.3 Å². The molecule has 1 fully saturated rings. The molecule has 2 rings (SSSR count). The Kier molecular flexibility index (Phi) is 2.36. The molecule has 1 saturated carbocycles. The summed E-state index contributed by atoms with van der Waals surface area (Å²) in [4.78, 5) is 0. The summed E-state index contributed by atoms with van der Waals surface area (Å²) >= 11 is 0. The lowest BCUT2D eigenvalue weighted by molar-refractivity contribution is 0.631. The predicted octanol–water partition coefficient (Wildman–Crippen LogP) is 2.75. The molecule has 1 aliphatic carbocycles. The molecule has 1 aromatic rings. The fourth-order valence-corrected chi connectivity index (χ4v) is 2.17. The van der Waals surface area contributed by atoms with E-state index < -0.39 is 0 Å². The van der Waals surface area contributed by atoms with E-state index in [4.69, 9.17) is 5.73 Å². The Morgan fingerprint density at radius 2 is 2.00 bits per heavy atom. The van der Waals surface area contributed by atoms with E-state index >= 15 is 0 Å². The molecule has 1 aromatic carbocycles. The van der Waals surface area contributed by atoms with Crippen molar-refractivity contribution in [2.24, 2.45) is 11.7 Å². The van der Waals surface area contributed by atoms with Gasteiger partial charge in [-0.25, -0.2) is 0 Å². The standard InChI is InChI=1S/C13H19N/c1-8-4-5-11(6-9(8)2)13-7-12(13)10(3)14/h4-6,10,12-13H,7,14H2,1-3H3/t10-,12+,13-/m0/s1. The Balaban J connectivity index is 2.16. The molecule has 0 radical (unpaired) electrons. The van der Waals surface area contributed by atoms with E-state index in [-0.39, 0.29) is 0 Å². The quantitative estimate of drug-likeness (QED) is 0.760. The summed E-state index contributed by atoms with van der Waals surface area (Å²) in [6.45, 7) is 6.46. The summed E-state index contributed by atoms with van der Waals surface area (Å²) in [6.07, 6.45) is 1.28. The van der Waals surface area contributed by atoms with Crippen molar-refractivity contribution in [3.63, 3.8) is 0 Å². The van der Waals surface area contributed by atoms with Gasteiger partial charge in [-0.2, -0.15) is 0 Å². The third-order valence-electron chi connectivity index (χ3n) is 3.47. The van der Waals surface area contributed by atoms with E-state index in [1.54, 1.807) is 0 Å². The van der Waals surface area contributed by atoms with Crippen LogP contribution in [0.15, 0.2) is 18.2 Å². The number of nitrogens with two attached hydrogens (primary N) is 1. The Morgan fingerprint density at radius 3 is 2.50 bits per heavy atom. The van der Waals surface area contributed by atoms with Crippen LogP contribution in [0.3, 0.4) is 0 Å². The van der Waals surface area contributed by atoms with Crippen molar-refractivity contribution in [2.75, 3.05) is 0 Å². The number of benzene rings is 1. The minimum Gasteiger partial charge on any atom is -0.328 e. The summed E-state index contributed by atoms with van der Waals surface area (Å²) < 4.78 is 0. The van der Waals surface area contributed by atoms with Gasteiger partial charge in [0.1, 0.15) is 0 Å². The van der Waals surface area contributed by atoms with E-state index in [0.29, 0.717) is 6.04 Å². The lowest BCUT2D eigenvalue weighted by Crippen LogP contribution is -2.17. The first kappa shape index (κ1) is 9.72. The van der Waals surface area contributed by atoms with Gasteiger partial charge in [0, 0.05) is 6.04 Å². The average Bonchev–Trinajstić information content (AvgIpc) is 2.89. The minimum absolute atomic E-state index is 0.349. The first-order chi connectivity index (χ1) is 6.59. The van der Waals surface area contributed by atoms with Crippen molar-refractivity contribution >= 4 is 0 Å². The van der Waals surface area contributed by atoms with Crippen LogP contribution in [0.1, 0.15) is 36.0 Å². The maximum atomic E-state index is 5.89. The molecule has 0 spiro atoms. The summed E-state index contributed by atoms with van der Waals surface area (Å²) in [5, 5.41) is 0. The van der Waals surface area contributed by atoms with Crippen LogP contribution in [0.5, 0.6) is 0 Å². The molecule has 1 nitrogen and oxygen atoms in total. The lowest BCUT2D eigenvalue weighted by Gasteiger charge is -2.06. The maximum absolute atomic E-state index is 5.89. The molecule has 0 aliphatic heterocycles. The van der Waals surface area contributed by atoms with Gasteiger partial charge in [-0.05, 0) is 55.7 Å². The third kappa shape index (κ3) is 1.69. The van der Waals surface area contributed by atoms with Gasteiger partial charge in [-0.1, -0.05) is 18.2 Å². The molecule has 14 heavy (non-hydrogen) atoms. The first-order valence-electron chi connectivity index (χ1n) is 5.42. The van der Waals surface area contributed by atoms with Crippen LogP contribution in [0.2, 0.25) is 0 Å². The van der Waals surface area contributed by atoms with Gasteiger partial charge in [0.2, 0.25) is 0 Å². The molecule has 0 aromatic heterocycles. The smallest absolute Gasteiger partial charge is 0.00448 e. The second-order valence-corrected chi connectivity index (χ2v) is 4.71. The molecule has 3 atom stereocenters. The van der Waals surface area contributed by atoms with Gasteiger partial charge < -0.3 is 5.73 Å². The highest BCUT2D eigenvalue weighted by atomic mass is 14.7. The molecule has 0 heterocycles. The number of hydrogen-bond donors (Lipinski definition) is 1. The SMILES string of the molecule is Cc1ccc([C@@H]2C[C@@H]2[C@H](C)N)cc1C. The van der Waals surface area contributed by atoms with Crippen LogP contribution in [0.25, 0.3) is 0 Å². The monoisotopic (exact) mass is 189 g/mol. The summed E-state index contributed by atoms with van der Waals surface area (Å²) in [5.74, 6) is 1.45. The Hall–Kier alpha value is -0.820. The van der Waals surface area contributed by atoms with Crippen molar-refractivity contribution in [1.29, 1.82) is 0 Å². The topological polar surface area (TPSA) is 26.0 Å². The number of aryl methyl sites for hydroxylation is 2. The van der Waals surface area contributed by atoms with Crippen LogP contribution in [-0.2, 0) is 0 Å². The highest BCUT2D eigenvalue weighted by Crippen LogP contribution is 2.49. The van der Waals surface area contributed by atoms with Gasteiger partial charge >= 0.3 is 0 Å². The van der Waals surface area contributed by atoms with Crippen molar-refractivity contribution < 1.29 is 0 Å². The van der Waals surface area contributed by atoms with Gasteiger partial charge in [0.15, 0.2) is 0 Å². The fourth-order valence-electron chi connectivity index (χ4n) is 2.17.